The SMILES string of the molecule is CCCCN(CCCC)CCCNc1c2c(nc3cc(Cl)ccc13)CCCC2.CCCCN(CCCC)CCCNc1c2c(nc3cc(Cl)ccc13)CCCC2.CCCCN(CCCC)CCCNc1c2c(nc3cc(Cl)ccc13)CCCC2.O=P(O)(O)O.O=P(O)(O)O. The number of halogens is 3. The molecule has 94 heavy (non-hydrogen) atoms. The van der Waals surface area contributed by atoms with Crippen LogP contribution in [0.4, 0.5) is 17.1 Å². The lowest BCUT2D eigenvalue weighted by molar-refractivity contribution is 0.264. The number of aromatic nitrogens is 3. The van der Waals surface area contributed by atoms with E-state index >= 15 is 0 Å². The highest BCUT2D eigenvalue weighted by Crippen LogP contribution is 2.38. The number of hydrogen-bond acceptors (Lipinski definition) is 11. The Kier molecular flexibility index (Phi) is 38.2. The van der Waals surface area contributed by atoms with Crippen LogP contribution in [0, 0.1) is 0 Å². The molecule has 0 amide bonds. The Labute approximate surface area is 577 Å². The number of fused-ring (bicyclic) bond motifs is 6. The maximum atomic E-state index is 8.88. The van der Waals surface area contributed by atoms with Crippen molar-refractivity contribution in [2.45, 2.75) is 215 Å². The van der Waals surface area contributed by atoms with E-state index in [2.05, 4.69) is 90.4 Å². The van der Waals surface area contributed by atoms with Crippen LogP contribution in [-0.2, 0) is 47.7 Å². The Morgan fingerprint density at radius 1 is 0.362 bits per heavy atom. The molecule has 3 aromatic heterocycles. The van der Waals surface area contributed by atoms with Crippen molar-refractivity contribution in [3.8, 4) is 0 Å². The van der Waals surface area contributed by atoms with Gasteiger partial charge in [0.25, 0.3) is 0 Å². The van der Waals surface area contributed by atoms with Crippen molar-refractivity contribution < 1.29 is 38.5 Å². The van der Waals surface area contributed by atoms with E-state index in [1.54, 1.807) is 0 Å². The number of anilines is 3. The van der Waals surface area contributed by atoms with Crippen molar-refractivity contribution in [1.29, 1.82) is 0 Å². The minimum atomic E-state index is -4.64. The molecule has 0 radical (unpaired) electrons. The first kappa shape index (κ1) is 80.9. The van der Waals surface area contributed by atoms with Crippen LogP contribution in [0.3, 0.4) is 0 Å². The number of hydrogen-bond donors (Lipinski definition) is 9. The fourth-order valence-electron chi connectivity index (χ4n) is 12.6. The third-order valence-corrected chi connectivity index (χ3v) is 18.2. The highest BCUT2D eigenvalue weighted by Gasteiger charge is 2.22. The van der Waals surface area contributed by atoms with Crippen molar-refractivity contribution in [2.24, 2.45) is 0 Å². The molecule has 22 heteroatoms. The van der Waals surface area contributed by atoms with E-state index in [0.717, 1.165) is 89.8 Å². The third-order valence-electron chi connectivity index (χ3n) is 17.5. The van der Waals surface area contributed by atoms with Crippen LogP contribution in [-0.4, -0.2) is 138 Å². The molecule has 0 aliphatic heterocycles. The number of phosphoric acid groups is 2. The van der Waals surface area contributed by atoms with Crippen molar-refractivity contribution >= 4 is 100 Å². The zero-order chi connectivity index (χ0) is 68.3. The fourth-order valence-corrected chi connectivity index (χ4v) is 13.1. The number of pyridine rings is 3. The predicted molar refractivity (Wildman–Crippen MR) is 397 cm³/mol. The van der Waals surface area contributed by atoms with Gasteiger partial charge < -0.3 is 60.0 Å². The summed E-state index contributed by atoms with van der Waals surface area (Å²) in [5.41, 5.74) is 15.2. The normalized spacial score (nSPS) is 13.6. The summed E-state index contributed by atoms with van der Waals surface area (Å²) in [5, 5.41) is 17.3. The van der Waals surface area contributed by atoms with Crippen LogP contribution in [0.5, 0.6) is 0 Å². The highest BCUT2D eigenvalue weighted by molar-refractivity contribution is 7.45. The van der Waals surface area contributed by atoms with Gasteiger partial charge >= 0.3 is 15.6 Å². The first-order valence-corrected chi connectivity index (χ1v) is 39.7. The van der Waals surface area contributed by atoms with Crippen molar-refractivity contribution in [1.82, 2.24) is 29.7 Å². The first-order chi connectivity index (χ1) is 45.2. The lowest BCUT2D eigenvalue weighted by Crippen LogP contribution is -2.28. The number of rotatable bonds is 33. The lowest BCUT2D eigenvalue weighted by Gasteiger charge is -2.24. The molecule has 0 fully saturated rings. The zero-order valence-corrected chi connectivity index (χ0v) is 61.5. The van der Waals surface area contributed by atoms with E-state index in [1.165, 1.54) is 261 Å². The molecule has 3 heterocycles. The van der Waals surface area contributed by atoms with Gasteiger partial charge in [-0.25, -0.2) is 9.13 Å². The maximum absolute atomic E-state index is 8.88. The highest BCUT2D eigenvalue weighted by atomic mass is 35.5. The molecule has 0 unspecified atom stereocenters. The van der Waals surface area contributed by atoms with Gasteiger partial charge in [0.2, 0.25) is 0 Å². The minimum absolute atomic E-state index is 0.768. The largest absolute Gasteiger partial charge is 0.466 e. The van der Waals surface area contributed by atoms with Crippen LogP contribution in [0.25, 0.3) is 32.7 Å². The molecule has 0 bridgehead atoms. The molecule has 17 nitrogen and oxygen atoms in total. The second kappa shape index (κ2) is 44.3. The summed E-state index contributed by atoms with van der Waals surface area (Å²) in [7, 11) is -9.28. The summed E-state index contributed by atoms with van der Waals surface area (Å²) in [5.74, 6) is 0. The summed E-state index contributed by atoms with van der Waals surface area (Å²) < 4.78 is 17.8. The van der Waals surface area contributed by atoms with Crippen LogP contribution < -0.4 is 16.0 Å². The summed E-state index contributed by atoms with van der Waals surface area (Å²) in [6.45, 7) is 27.7. The van der Waals surface area contributed by atoms with Crippen LogP contribution in [0.1, 0.15) is 210 Å². The summed E-state index contributed by atoms with van der Waals surface area (Å²) in [6.07, 6.45) is 33.3. The molecule has 9 rings (SSSR count). The predicted octanol–water partition coefficient (Wildman–Crippen LogP) is 17.6. The van der Waals surface area contributed by atoms with Crippen molar-refractivity contribution in [3.63, 3.8) is 0 Å². The quantitative estimate of drug-likeness (QED) is 0.0137. The molecular weight excluding hydrogens is 1290 g/mol. The van der Waals surface area contributed by atoms with Gasteiger partial charge in [-0.15, -0.1) is 0 Å². The maximum Gasteiger partial charge on any atom is 0.466 e. The molecule has 0 spiro atoms. The third kappa shape index (κ3) is 30.2. The molecule has 6 aromatic rings. The molecule has 3 aliphatic carbocycles. The van der Waals surface area contributed by atoms with Gasteiger partial charge in [-0.2, -0.15) is 0 Å². The minimum Gasteiger partial charge on any atom is -0.384 e. The standard InChI is InChI=1S/3C24H36ClN3.2H3O4P/c3*1-3-5-15-28(16-6-4-2)17-9-14-26-24-20-10-7-8-11-22(20)27-23-18-19(25)12-13-21(23)24;2*1-5(2,3)4/h3*12-13,18H,3-11,14-17H2,1-2H3,(H,26,27);2*(H3,1,2,3,4). The Hall–Kier alpha value is -3.74. The number of unbranched alkanes of at least 4 members (excludes halogenated alkanes) is 6. The smallest absolute Gasteiger partial charge is 0.384 e. The van der Waals surface area contributed by atoms with Crippen molar-refractivity contribution in [2.75, 3.05) is 94.5 Å². The second-order valence-electron chi connectivity index (χ2n) is 25.4. The molecular formula is C72H114Cl3N9O8P2. The molecule has 526 valence electrons. The van der Waals surface area contributed by atoms with Gasteiger partial charge in [-0.05, 0) is 265 Å². The van der Waals surface area contributed by atoms with E-state index in [4.69, 9.17) is 88.2 Å². The van der Waals surface area contributed by atoms with E-state index in [-0.39, 0.29) is 0 Å². The lowest BCUT2D eigenvalue weighted by atomic mass is 9.92. The van der Waals surface area contributed by atoms with E-state index < -0.39 is 15.6 Å². The Morgan fingerprint density at radius 3 is 0.798 bits per heavy atom. The number of aryl methyl sites for hydroxylation is 3. The van der Waals surface area contributed by atoms with Gasteiger partial charge in [0.1, 0.15) is 0 Å². The van der Waals surface area contributed by atoms with Crippen LogP contribution in [0.2, 0.25) is 15.1 Å². The second-order valence-corrected chi connectivity index (χ2v) is 28.7. The summed E-state index contributed by atoms with van der Waals surface area (Å²) >= 11 is 18.7. The molecule has 9 N–H and O–H groups in total. The molecule has 0 atom stereocenters. The Morgan fingerprint density at radius 2 is 0.574 bits per heavy atom. The number of nitrogens with zero attached hydrogens (tertiary/aromatic N) is 6. The number of benzene rings is 3. The van der Waals surface area contributed by atoms with Crippen LogP contribution in [0.15, 0.2) is 54.6 Å². The van der Waals surface area contributed by atoms with Gasteiger partial charge in [0.05, 0.1) is 16.6 Å². The zero-order valence-electron chi connectivity index (χ0n) is 57.5. The van der Waals surface area contributed by atoms with Crippen molar-refractivity contribution in [3.05, 3.63) is 103 Å². The summed E-state index contributed by atoms with van der Waals surface area (Å²) in [4.78, 5) is 65.9. The Balaban J connectivity index is 0.000000237. The van der Waals surface area contributed by atoms with Gasteiger partial charge in [-0.1, -0.05) is 115 Å². The topological polar surface area (TPSA) is 240 Å². The van der Waals surface area contributed by atoms with E-state index in [0.29, 0.717) is 0 Å². The van der Waals surface area contributed by atoms with Gasteiger partial charge in [-0.3, -0.25) is 15.0 Å². The van der Waals surface area contributed by atoms with E-state index in [1.807, 2.05) is 36.4 Å². The summed E-state index contributed by atoms with van der Waals surface area (Å²) in [6, 6.07) is 18.4. The Bertz CT molecular complexity index is 2920. The average Bonchev–Trinajstić information content (AvgIpc) is 0.829. The molecule has 3 aliphatic rings. The van der Waals surface area contributed by atoms with Crippen LogP contribution >= 0.6 is 50.4 Å². The fraction of sp³-hybridized carbons (Fsp3) is 0.625. The molecule has 3 aromatic carbocycles. The molecule has 0 saturated carbocycles. The van der Waals surface area contributed by atoms with Gasteiger partial charge in [0.15, 0.2) is 0 Å². The monoisotopic (exact) mass is 1400 g/mol. The van der Waals surface area contributed by atoms with E-state index in [9.17, 15) is 0 Å². The molecule has 0 saturated heterocycles. The average molecular weight is 1400 g/mol. The first-order valence-electron chi connectivity index (χ1n) is 35.5. The number of nitrogens with one attached hydrogen (secondary N) is 3. The van der Waals surface area contributed by atoms with Gasteiger partial charge in [0, 0.05) is 85.0 Å².